The molecule has 0 saturated carbocycles. The first-order valence-corrected chi connectivity index (χ1v) is 6.56. The summed E-state index contributed by atoms with van der Waals surface area (Å²) in [6, 6.07) is 7.13. The highest BCUT2D eigenvalue weighted by Gasteiger charge is 2.20. The van der Waals surface area contributed by atoms with Crippen LogP contribution < -0.4 is 4.90 Å². The van der Waals surface area contributed by atoms with Crippen molar-refractivity contribution in [1.29, 1.82) is 0 Å². The number of anilines is 1. The lowest BCUT2D eigenvalue weighted by atomic mass is 10.1. The van der Waals surface area contributed by atoms with E-state index in [0.717, 1.165) is 38.3 Å². The van der Waals surface area contributed by atoms with Crippen LogP contribution >= 0.6 is 0 Å². The third-order valence-electron chi connectivity index (χ3n) is 3.68. The van der Waals surface area contributed by atoms with Crippen molar-refractivity contribution in [1.82, 2.24) is 4.90 Å². The second-order valence-corrected chi connectivity index (χ2v) is 4.86. The molecule has 0 spiro atoms. The maximum atomic E-state index is 12.9. The van der Waals surface area contributed by atoms with E-state index in [0.29, 0.717) is 6.04 Å². The Morgan fingerprint density at radius 3 is 2.33 bits per heavy atom. The van der Waals surface area contributed by atoms with Crippen molar-refractivity contribution in [2.75, 3.05) is 37.7 Å². The number of benzene rings is 1. The fourth-order valence-corrected chi connectivity index (χ4v) is 2.44. The topological polar surface area (TPSA) is 26.7 Å². The maximum Gasteiger partial charge on any atom is 0.123 e. The van der Waals surface area contributed by atoms with Gasteiger partial charge in [0.1, 0.15) is 5.82 Å². The molecule has 0 aromatic heterocycles. The third kappa shape index (κ3) is 3.21. The molecule has 1 N–H and O–H groups in total. The molecule has 4 heteroatoms. The first-order valence-electron chi connectivity index (χ1n) is 6.56. The van der Waals surface area contributed by atoms with E-state index < -0.39 is 0 Å². The molecule has 1 unspecified atom stereocenters. The summed E-state index contributed by atoms with van der Waals surface area (Å²) in [5, 5.41) is 8.95. The van der Waals surface area contributed by atoms with Crippen molar-refractivity contribution >= 4 is 5.69 Å². The summed E-state index contributed by atoms with van der Waals surface area (Å²) in [5.41, 5.74) is 1.09. The van der Waals surface area contributed by atoms with Crippen LogP contribution in [0, 0.1) is 5.82 Å². The SMILES string of the molecule is CC(CCO)N1CCN(c2ccc(F)cc2)CC1. The maximum absolute atomic E-state index is 12.9. The number of halogens is 1. The molecule has 1 fully saturated rings. The normalized spacial score (nSPS) is 18.9. The van der Waals surface area contributed by atoms with Crippen molar-refractivity contribution < 1.29 is 9.50 Å². The van der Waals surface area contributed by atoms with Gasteiger partial charge < -0.3 is 10.0 Å². The lowest BCUT2D eigenvalue weighted by Crippen LogP contribution is -2.49. The Hall–Kier alpha value is -1.13. The highest BCUT2D eigenvalue weighted by atomic mass is 19.1. The Morgan fingerprint density at radius 1 is 1.17 bits per heavy atom. The molecule has 1 aliphatic rings. The number of hydrogen-bond acceptors (Lipinski definition) is 3. The molecule has 1 atom stereocenters. The second kappa shape index (κ2) is 6.16. The first kappa shape index (κ1) is 13.3. The molecule has 1 aromatic carbocycles. The summed E-state index contributed by atoms with van der Waals surface area (Å²) in [5.74, 6) is -0.186. The van der Waals surface area contributed by atoms with E-state index in [4.69, 9.17) is 5.11 Å². The molecule has 100 valence electrons. The van der Waals surface area contributed by atoms with E-state index in [9.17, 15) is 4.39 Å². The molecule has 18 heavy (non-hydrogen) atoms. The Balaban J connectivity index is 1.88. The van der Waals surface area contributed by atoms with Gasteiger partial charge in [0.15, 0.2) is 0 Å². The summed E-state index contributed by atoms with van der Waals surface area (Å²) in [4.78, 5) is 4.68. The van der Waals surface area contributed by atoms with Crippen LogP contribution in [0.5, 0.6) is 0 Å². The van der Waals surface area contributed by atoms with E-state index in [1.807, 2.05) is 12.1 Å². The molecule has 0 amide bonds. The van der Waals surface area contributed by atoms with Crippen molar-refractivity contribution in [2.45, 2.75) is 19.4 Å². The predicted molar refractivity (Wildman–Crippen MR) is 71.4 cm³/mol. The first-order chi connectivity index (χ1) is 8.70. The number of aliphatic hydroxyl groups excluding tert-OH is 1. The van der Waals surface area contributed by atoms with Gasteiger partial charge in [0.05, 0.1) is 0 Å². The molecule has 0 aliphatic carbocycles. The van der Waals surface area contributed by atoms with Crippen LogP contribution in [-0.2, 0) is 0 Å². The number of nitrogens with zero attached hydrogens (tertiary/aromatic N) is 2. The number of hydrogen-bond donors (Lipinski definition) is 1. The van der Waals surface area contributed by atoms with E-state index in [-0.39, 0.29) is 12.4 Å². The van der Waals surface area contributed by atoms with Crippen molar-refractivity contribution in [3.05, 3.63) is 30.1 Å². The van der Waals surface area contributed by atoms with Gasteiger partial charge in [-0.3, -0.25) is 4.90 Å². The number of rotatable bonds is 4. The quantitative estimate of drug-likeness (QED) is 0.884. The zero-order chi connectivity index (χ0) is 13.0. The molecular weight excluding hydrogens is 231 g/mol. The molecule has 2 rings (SSSR count). The predicted octanol–water partition coefficient (Wildman–Crippen LogP) is 1.72. The van der Waals surface area contributed by atoms with E-state index >= 15 is 0 Å². The van der Waals surface area contributed by atoms with E-state index in [1.165, 1.54) is 12.1 Å². The molecule has 3 nitrogen and oxygen atoms in total. The van der Waals surface area contributed by atoms with Crippen molar-refractivity contribution in [3.63, 3.8) is 0 Å². The van der Waals surface area contributed by atoms with Gasteiger partial charge in [0.25, 0.3) is 0 Å². The summed E-state index contributed by atoms with van der Waals surface area (Å²) in [6.07, 6.45) is 0.830. The number of aliphatic hydroxyl groups is 1. The highest BCUT2D eigenvalue weighted by Crippen LogP contribution is 2.18. The fourth-order valence-electron chi connectivity index (χ4n) is 2.44. The van der Waals surface area contributed by atoms with Gasteiger partial charge in [0, 0.05) is 44.5 Å². The molecule has 0 radical (unpaired) electrons. The van der Waals surface area contributed by atoms with Gasteiger partial charge in [-0.2, -0.15) is 0 Å². The van der Waals surface area contributed by atoms with Crippen LogP contribution in [0.1, 0.15) is 13.3 Å². The zero-order valence-corrected chi connectivity index (χ0v) is 10.8. The van der Waals surface area contributed by atoms with E-state index in [2.05, 4.69) is 16.7 Å². The van der Waals surface area contributed by atoms with Crippen LogP contribution in [0.2, 0.25) is 0 Å². The van der Waals surface area contributed by atoms with Gasteiger partial charge in [-0.15, -0.1) is 0 Å². The molecule has 1 heterocycles. The van der Waals surface area contributed by atoms with Crippen molar-refractivity contribution in [3.8, 4) is 0 Å². The molecule has 1 saturated heterocycles. The van der Waals surface area contributed by atoms with Crippen LogP contribution in [-0.4, -0.2) is 48.8 Å². The van der Waals surface area contributed by atoms with Gasteiger partial charge in [-0.05, 0) is 37.6 Å². The Morgan fingerprint density at radius 2 is 1.78 bits per heavy atom. The average Bonchev–Trinajstić information content (AvgIpc) is 2.40. The minimum Gasteiger partial charge on any atom is -0.396 e. The summed E-state index contributed by atoms with van der Waals surface area (Å²) >= 11 is 0. The molecule has 0 bridgehead atoms. The molecular formula is C14H21FN2O. The van der Waals surface area contributed by atoms with E-state index in [1.54, 1.807) is 0 Å². The Labute approximate surface area is 108 Å². The third-order valence-corrected chi connectivity index (χ3v) is 3.68. The minimum atomic E-state index is -0.186. The van der Waals surface area contributed by atoms with Gasteiger partial charge in [-0.1, -0.05) is 0 Å². The van der Waals surface area contributed by atoms with Gasteiger partial charge in [-0.25, -0.2) is 4.39 Å². The summed E-state index contributed by atoms with van der Waals surface area (Å²) in [6.45, 7) is 6.32. The summed E-state index contributed by atoms with van der Waals surface area (Å²) in [7, 11) is 0. The monoisotopic (exact) mass is 252 g/mol. The smallest absolute Gasteiger partial charge is 0.123 e. The second-order valence-electron chi connectivity index (χ2n) is 4.86. The van der Waals surface area contributed by atoms with Crippen LogP contribution in [0.4, 0.5) is 10.1 Å². The average molecular weight is 252 g/mol. The van der Waals surface area contributed by atoms with Crippen LogP contribution in [0.25, 0.3) is 0 Å². The van der Waals surface area contributed by atoms with Crippen LogP contribution in [0.15, 0.2) is 24.3 Å². The summed E-state index contributed by atoms with van der Waals surface area (Å²) < 4.78 is 12.9. The number of piperazine rings is 1. The lowest BCUT2D eigenvalue weighted by molar-refractivity contribution is 0.160. The lowest BCUT2D eigenvalue weighted by Gasteiger charge is -2.39. The largest absolute Gasteiger partial charge is 0.396 e. The standard InChI is InChI=1S/C14H21FN2O/c1-12(6-11-18)16-7-9-17(10-8-16)14-4-2-13(15)3-5-14/h2-5,12,18H,6-11H2,1H3. The van der Waals surface area contributed by atoms with Crippen LogP contribution in [0.3, 0.4) is 0 Å². The highest BCUT2D eigenvalue weighted by molar-refractivity contribution is 5.46. The fraction of sp³-hybridized carbons (Fsp3) is 0.571. The Bertz CT molecular complexity index is 361. The van der Waals surface area contributed by atoms with Crippen molar-refractivity contribution in [2.24, 2.45) is 0 Å². The zero-order valence-electron chi connectivity index (χ0n) is 10.8. The van der Waals surface area contributed by atoms with Gasteiger partial charge >= 0.3 is 0 Å². The Kier molecular flexibility index (Phi) is 4.55. The minimum absolute atomic E-state index is 0.186. The van der Waals surface area contributed by atoms with Gasteiger partial charge in [0.2, 0.25) is 0 Å². The molecule has 1 aliphatic heterocycles. The molecule has 1 aromatic rings.